The minimum Gasteiger partial charge on any atom is -0.497 e. The van der Waals surface area contributed by atoms with Gasteiger partial charge in [-0.3, -0.25) is 0 Å². The lowest BCUT2D eigenvalue weighted by molar-refractivity contribution is 0.340. The third kappa shape index (κ3) is 5.06. The Morgan fingerprint density at radius 1 is 0.935 bits per heavy atom. The summed E-state index contributed by atoms with van der Waals surface area (Å²) in [6.45, 7) is 2.66. The molecule has 4 aromatic rings. The highest BCUT2D eigenvalue weighted by Crippen LogP contribution is 2.32. The molecule has 4 nitrogen and oxygen atoms in total. The van der Waals surface area contributed by atoms with E-state index in [9.17, 15) is 0 Å². The standard InChI is InChI=1S/C26H26N2O2S/c1-3-30-23-6-4-5-21(16-23)19-9-7-18(8-10-19)15-24(25-17-31-26(27)28-25)20-11-13-22(29-2)14-12-20/h4-14,16-17,24H,3,15H2,1-2H3,(H2,27,28)/t24-/m0/s1. The van der Waals surface area contributed by atoms with E-state index < -0.39 is 0 Å². The molecule has 0 fully saturated rings. The Morgan fingerprint density at radius 3 is 2.35 bits per heavy atom. The van der Waals surface area contributed by atoms with Gasteiger partial charge in [-0.05, 0) is 59.9 Å². The van der Waals surface area contributed by atoms with E-state index in [1.165, 1.54) is 28.0 Å². The third-order valence-electron chi connectivity index (χ3n) is 5.29. The molecule has 0 radical (unpaired) electrons. The van der Waals surface area contributed by atoms with Crippen LogP contribution in [0.1, 0.15) is 29.7 Å². The van der Waals surface area contributed by atoms with Crippen LogP contribution in [0.2, 0.25) is 0 Å². The van der Waals surface area contributed by atoms with Crippen LogP contribution in [-0.2, 0) is 6.42 Å². The van der Waals surface area contributed by atoms with Crippen molar-refractivity contribution < 1.29 is 9.47 Å². The van der Waals surface area contributed by atoms with Gasteiger partial charge in [0.1, 0.15) is 11.5 Å². The number of rotatable bonds is 8. The highest BCUT2D eigenvalue weighted by Gasteiger charge is 2.18. The number of nitrogen functional groups attached to an aromatic ring is 1. The number of nitrogens with two attached hydrogens (primary N) is 1. The van der Waals surface area contributed by atoms with Gasteiger partial charge in [0.05, 0.1) is 19.4 Å². The minimum absolute atomic E-state index is 0.131. The molecule has 4 rings (SSSR count). The first kappa shape index (κ1) is 20.9. The van der Waals surface area contributed by atoms with E-state index in [2.05, 4.69) is 58.9 Å². The zero-order valence-electron chi connectivity index (χ0n) is 17.7. The molecular weight excluding hydrogens is 404 g/mol. The van der Waals surface area contributed by atoms with Crippen LogP contribution in [0, 0.1) is 0 Å². The first-order valence-electron chi connectivity index (χ1n) is 10.3. The van der Waals surface area contributed by atoms with E-state index in [1.807, 2.05) is 31.2 Å². The summed E-state index contributed by atoms with van der Waals surface area (Å²) >= 11 is 1.48. The maximum absolute atomic E-state index is 5.93. The summed E-state index contributed by atoms with van der Waals surface area (Å²) in [4.78, 5) is 4.57. The van der Waals surface area contributed by atoms with Crippen LogP contribution < -0.4 is 15.2 Å². The van der Waals surface area contributed by atoms with E-state index >= 15 is 0 Å². The summed E-state index contributed by atoms with van der Waals surface area (Å²) in [6.07, 6.45) is 0.842. The quantitative estimate of drug-likeness (QED) is 0.363. The van der Waals surface area contributed by atoms with Gasteiger partial charge < -0.3 is 15.2 Å². The highest BCUT2D eigenvalue weighted by atomic mass is 32.1. The summed E-state index contributed by atoms with van der Waals surface area (Å²) in [5.74, 6) is 1.87. The molecule has 31 heavy (non-hydrogen) atoms. The van der Waals surface area contributed by atoms with Gasteiger partial charge in [0.2, 0.25) is 0 Å². The molecule has 2 N–H and O–H groups in total. The van der Waals surface area contributed by atoms with Crippen LogP contribution in [0.25, 0.3) is 11.1 Å². The molecule has 0 aliphatic rings. The van der Waals surface area contributed by atoms with E-state index in [4.69, 9.17) is 15.2 Å². The molecule has 0 spiro atoms. The van der Waals surface area contributed by atoms with Gasteiger partial charge in [-0.1, -0.05) is 48.5 Å². The first-order valence-corrected chi connectivity index (χ1v) is 11.2. The fourth-order valence-electron chi connectivity index (χ4n) is 3.69. The van der Waals surface area contributed by atoms with Gasteiger partial charge >= 0.3 is 0 Å². The average Bonchev–Trinajstić information content (AvgIpc) is 3.24. The van der Waals surface area contributed by atoms with Crippen LogP contribution in [0.15, 0.2) is 78.2 Å². The molecule has 1 aromatic heterocycles. The number of anilines is 1. The Labute approximate surface area is 187 Å². The zero-order chi connectivity index (χ0) is 21.6. The lowest BCUT2D eigenvalue weighted by Gasteiger charge is -2.16. The second-order valence-corrected chi connectivity index (χ2v) is 8.19. The van der Waals surface area contributed by atoms with Gasteiger partial charge in [-0.2, -0.15) is 0 Å². The predicted octanol–water partition coefficient (Wildman–Crippen LogP) is 6.17. The van der Waals surface area contributed by atoms with Gasteiger partial charge in [0, 0.05) is 11.3 Å². The number of ether oxygens (including phenoxy) is 2. The van der Waals surface area contributed by atoms with Crippen LogP contribution in [-0.4, -0.2) is 18.7 Å². The van der Waals surface area contributed by atoms with Crippen molar-refractivity contribution in [3.8, 4) is 22.6 Å². The number of methoxy groups -OCH3 is 1. The van der Waals surface area contributed by atoms with Crippen molar-refractivity contribution in [2.45, 2.75) is 19.3 Å². The summed E-state index contributed by atoms with van der Waals surface area (Å²) in [5, 5.41) is 2.65. The Hall–Kier alpha value is -3.31. The number of hydrogen-bond acceptors (Lipinski definition) is 5. The Bertz CT molecular complexity index is 1120. The van der Waals surface area contributed by atoms with Gasteiger partial charge in [0.15, 0.2) is 5.13 Å². The molecule has 0 saturated carbocycles. The van der Waals surface area contributed by atoms with Crippen LogP contribution >= 0.6 is 11.3 Å². The lowest BCUT2D eigenvalue weighted by atomic mass is 9.89. The predicted molar refractivity (Wildman–Crippen MR) is 128 cm³/mol. The second-order valence-electron chi connectivity index (χ2n) is 7.30. The molecule has 1 atom stereocenters. The zero-order valence-corrected chi connectivity index (χ0v) is 18.6. The maximum Gasteiger partial charge on any atom is 0.180 e. The molecule has 0 aliphatic carbocycles. The molecular formula is C26H26N2O2S. The lowest BCUT2D eigenvalue weighted by Crippen LogP contribution is -2.06. The van der Waals surface area contributed by atoms with E-state index in [0.29, 0.717) is 11.7 Å². The largest absolute Gasteiger partial charge is 0.497 e. The maximum atomic E-state index is 5.93. The molecule has 0 unspecified atom stereocenters. The fourth-order valence-corrected chi connectivity index (χ4v) is 4.31. The molecule has 0 amide bonds. The number of thiazole rings is 1. The molecule has 0 bridgehead atoms. The summed E-state index contributed by atoms with van der Waals surface area (Å²) < 4.78 is 10.9. The SMILES string of the molecule is CCOc1cccc(-c2ccc(C[C@@H](c3ccc(OC)cc3)c3csc(N)n3)cc2)c1. The van der Waals surface area contributed by atoms with Crippen LogP contribution in [0.5, 0.6) is 11.5 Å². The minimum atomic E-state index is 0.131. The summed E-state index contributed by atoms with van der Waals surface area (Å²) in [6, 6.07) is 25.1. The van der Waals surface area contributed by atoms with Crippen LogP contribution in [0.4, 0.5) is 5.13 Å². The average molecular weight is 431 g/mol. The van der Waals surface area contributed by atoms with Crippen molar-refractivity contribution in [1.82, 2.24) is 4.98 Å². The van der Waals surface area contributed by atoms with Crippen molar-refractivity contribution in [1.29, 1.82) is 0 Å². The molecule has 1 heterocycles. The van der Waals surface area contributed by atoms with Gasteiger partial charge in [0.25, 0.3) is 0 Å². The monoisotopic (exact) mass is 430 g/mol. The summed E-state index contributed by atoms with van der Waals surface area (Å²) in [7, 11) is 1.68. The highest BCUT2D eigenvalue weighted by molar-refractivity contribution is 7.13. The number of benzene rings is 3. The Kier molecular flexibility index (Phi) is 6.53. The van der Waals surface area contributed by atoms with E-state index in [0.717, 1.165) is 29.2 Å². The van der Waals surface area contributed by atoms with Crippen molar-refractivity contribution in [2.24, 2.45) is 0 Å². The Morgan fingerprint density at radius 2 is 1.71 bits per heavy atom. The Balaban J connectivity index is 1.59. The van der Waals surface area contributed by atoms with Gasteiger partial charge in [-0.15, -0.1) is 11.3 Å². The molecule has 3 aromatic carbocycles. The fraction of sp³-hybridized carbons (Fsp3) is 0.192. The topological polar surface area (TPSA) is 57.4 Å². The molecule has 0 aliphatic heterocycles. The number of hydrogen-bond donors (Lipinski definition) is 1. The normalized spacial score (nSPS) is 11.8. The molecule has 158 valence electrons. The molecule has 0 saturated heterocycles. The van der Waals surface area contributed by atoms with Crippen molar-refractivity contribution in [3.63, 3.8) is 0 Å². The summed E-state index contributed by atoms with van der Waals surface area (Å²) in [5.41, 5.74) is 11.7. The van der Waals surface area contributed by atoms with Crippen LogP contribution in [0.3, 0.4) is 0 Å². The number of aromatic nitrogens is 1. The van der Waals surface area contributed by atoms with E-state index in [-0.39, 0.29) is 5.92 Å². The smallest absolute Gasteiger partial charge is 0.180 e. The molecule has 5 heteroatoms. The number of nitrogens with zero attached hydrogens (tertiary/aromatic N) is 1. The van der Waals surface area contributed by atoms with Crippen molar-refractivity contribution in [3.05, 3.63) is 95.0 Å². The second kappa shape index (κ2) is 9.67. The van der Waals surface area contributed by atoms with Gasteiger partial charge in [-0.25, -0.2) is 4.98 Å². The van der Waals surface area contributed by atoms with E-state index in [1.54, 1.807) is 7.11 Å². The van der Waals surface area contributed by atoms with Crippen molar-refractivity contribution in [2.75, 3.05) is 19.5 Å². The third-order valence-corrected chi connectivity index (χ3v) is 5.98. The first-order chi connectivity index (χ1) is 15.2. The van der Waals surface area contributed by atoms with Crippen molar-refractivity contribution >= 4 is 16.5 Å².